The van der Waals surface area contributed by atoms with Crippen molar-refractivity contribution in [2.45, 2.75) is 37.6 Å². The number of fused-ring (bicyclic) bond motifs is 1. The standard InChI is InChI=1S/C22H25F2N3O/c23-22(24,17-7-2-1-3-8-17)13-6-14-26-15-11-18(12-16-26)27-20-10-5-4-9-19(20)25-21(27)28/h1-5,7-10,18H,6,11-16H2,(H,25,28). The van der Waals surface area contributed by atoms with Gasteiger partial charge in [0.25, 0.3) is 5.92 Å². The number of imidazole rings is 1. The number of benzene rings is 2. The van der Waals surface area contributed by atoms with Crippen molar-refractivity contribution in [1.29, 1.82) is 0 Å². The van der Waals surface area contributed by atoms with Crippen molar-refractivity contribution >= 4 is 11.0 Å². The molecule has 6 heteroatoms. The summed E-state index contributed by atoms with van der Waals surface area (Å²) in [6, 6.07) is 15.9. The summed E-state index contributed by atoms with van der Waals surface area (Å²) in [6.07, 6.45) is 2.03. The fourth-order valence-electron chi connectivity index (χ4n) is 4.19. The van der Waals surface area contributed by atoms with Crippen molar-refractivity contribution in [1.82, 2.24) is 14.5 Å². The highest BCUT2D eigenvalue weighted by Crippen LogP contribution is 2.33. The number of nitrogens with one attached hydrogen (secondary N) is 1. The minimum atomic E-state index is -2.78. The van der Waals surface area contributed by atoms with Crippen LogP contribution in [0.3, 0.4) is 0 Å². The Labute approximate surface area is 162 Å². The predicted octanol–water partition coefficient (Wildman–Crippen LogP) is 4.54. The molecule has 3 aromatic rings. The first-order chi connectivity index (χ1) is 13.5. The largest absolute Gasteiger partial charge is 0.326 e. The van der Waals surface area contributed by atoms with E-state index in [-0.39, 0.29) is 23.7 Å². The first kappa shape index (κ1) is 18.9. The summed E-state index contributed by atoms with van der Waals surface area (Å²) in [5.74, 6) is -2.78. The number of hydrogen-bond donors (Lipinski definition) is 1. The molecule has 0 atom stereocenters. The minimum Gasteiger partial charge on any atom is -0.306 e. The molecule has 0 saturated carbocycles. The van der Waals surface area contributed by atoms with E-state index < -0.39 is 5.92 Å². The zero-order valence-electron chi connectivity index (χ0n) is 15.8. The Morgan fingerprint density at radius 3 is 2.43 bits per heavy atom. The van der Waals surface area contributed by atoms with E-state index in [1.165, 1.54) is 12.1 Å². The van der Waals surface area contributed by atoms with Gasteiger partial charge in [0.1, 0.15) is 0 Å². The van der Waals surface area contributed by atoms with E-state index in [2.05, 4.69) is 9.88 Å². The van der Waals surface area contributed by atoms with Gasteiger partial charge in [0, 0.05) is 31.1 Å². The van der Waals surface area contributed by atoms with Gasteiger partial charge in [-0.15, -0.1) is 0 Å². The molecular formula is C22H25F2N3O. The molecule has 0 amide bonds. The summed E-state index contributed by atoms with van der Waals surface area (Å²) >= 11 is 0. The maximum absolute atomic E-state index is 14.3. The number of halogens is 2. The summed E-state index contributed by atoms with van der Waals surface area (Å²) in [4.78, 5) is 17.5. The summed E-state index contributed by atoms with van der Waals surface area (Å²) in [7, 11) is 0. The molecule has 0 bridgehead atoms. The van der Waals surface area contributed by atoms with Crippen molar-refractivity contribution in [3.8, 4) is 0 Å². The number of nitrogens with zero attached hydrogens (tertiary/aromatic N) is 2. The highest BCUT2D eigenvalue weighted by molar-refractivity contribution is 5.75. The zero-order valence-corrected chi connectivity index (χ0v) is 15.8. The molecule has 4 nitrogen and oxygen atoms in total. The molecule has 2 aromatic carbocycles. The lowest BCUT2D eigenvalue weighted by Crippen LogP contribution is -2.37. The fraction of sp³-hybridized carbons (Fsp3) is 0.409. The van der Waals surface area contributed by atoms with Gasteiger partial charge in [0.2, 0.25) is 0 Å². The Kier molecular flexibility index (Phi) is 5.31. The van der Waals surface area contributed by atoms with E-state index in [0.717, 1.165) is 37.0 Å². The Morgan fingerprint density at radius 2 is 1.68 bits per heavy atom. The molecule has 1 N–H and O–H groups in total. The number of alkyl halides is 2. The van der Waals surface area contributed by atoms with Crippen molar-refractivity contribution in [2.24, 2.45) is 0 Å². The number of aromatic nitrogens is 2. The summed E-state index contributed by atoms with van der Waals surface area (Å²) < 4.78 is 30.4. The van der Waals surface area contributed by atoms with Crippen molar-refractivity contribution in [3.63, 3.8) is 0 Å². The van der Waals surface area contributed by atoms with Crippen LogP contribution >= 0.6 is 0 Å². The van der Waals surface area contributed by atoms with Gasteiger partial charge < -0.3 is 9.88 Å². The van der Waals surface area contributed by atoms with E-state index in [0.29, 0.717) is 13.0 Å². The summed E-state index contributed by atoms with van der Waals surface area (Å²) in [6.45, 7) is 2.32. The second-order valence-electron chi connectivity index (χ2n) is 7.56. The molecule has 1 aromatic heterocycles. The summed E-state index contributed by atoms with van der Waals surface area (Å²) in [5.41, 5.74) is 1.82. The Morgan fingerprint density at radius 1 is 1.00 bits per heavy atom. The maximum atomic E-state index is 14.3. The minimum absolute atomic E-state index is 0.0675. The third kappa shape index (κ3) is 3.87. The molecule has 0 aliphatic carbocycles. The van der Waals surface area contributed by atoms with Crippen molar-refractivity contribution in [2.75, 3.05) is 19.6 Å². The normalized spacial score (nSPS) is 16.6. The van der Waals surface area contributed by atoms with Crippen LogP contribution in [0.15, 0.2) is 59.4 Å². The van der Waals surface area contributed by atoms with E-state index in [1.807, 2.05) is 28.8 Å². The molecule has 0 unspecified atom stereocenters. The quantitative estimate of drug-likeness (QED) is 0.677. The van der Waals surface area contributed by atoms with Crippen molar-refractivity contribution < 1.29 is 8.78 Å². The molecule has 0 spiro atoms. The first-order valence-electron chi connectivity index (χ1n) is 9.89. The third-order valence-corrected chi connectivity index (χ3v) is 5.71. The smallest absolute Gasteiger partial charge is 0.306 e. The SMILES string of the molecule is O=c1[nH]c2ccccc2n1C1CCN(CCCC(F)(F)c2ccccc2)CC1. The molecule has 1 aliphatic rings. The number of piperidine rings is 1. The van der Waals surface area contributed by atoms with E-state index in [4.69, 9.17) is 0 Å². The number of aromatic amines is 1. The van der Waals surface area contributed by atoms with Crippen LogP contribution in [-0.2, 0) is 5.92 Å². The predicted molar refractivity (Wildman–Crippen MR) is 107 cm³/mol. The molecule has 2 heterocycles. The Bertz CT molecular complexity index is 972. The maximum Gasteiger partial charge on any atom is 0.326 e. The monoisotopic (exact) mass is 385 g/mol. The van der Waals surface area contributed by atoms with Gasteiger partial charge in [-0.05, 0) is 37.9 Å². The van der Waals surface area contributed by atoms with Crippen LogP contribution < -0.4 is 5.69 Å². The average molecular weight is 385 g/mol. The van der Waals surface area contributed by atoms with Gasteiger partial charge in [-0.3, -0.25) is 4.57 Å². The van der Waals surface area contributed by atoms with E-state index >= 15 is 0 Å². The molecule has 28 heavy (non-hydrogen) atoms. The van der Waals surface area contributed by atoms with Crippen LogP contribution in [0.25, 0.3) is 11.0 Å². The second-order valence-corrected chi connectivity index (χ2v) is 7.56. The van der Waals surface area contributed by atoms with Crippen LogP contribution in [0.5, 0.6) is 0 Å². The topological polar surface area (TPSA) is 41.0 Å². The lowest BCUT2D eigenvalue weighted by Gasteiger charge is -2.32. The van der Waals surface area contributed by atoms with Crippen LogP contribution in [0.1, 0.15) is 37.3 Å². The molecular weight excluding hydrogens is 360 g/mol. The second kappa shape index (κ2) is 7.87. The number of likely N-dealkylation sites (tertiary alicyclic amines) is 1. The van der Waals surface area contributed by atoms with Gasteiger partial charge in [0.15, 0.2) is 0 Å². The lowest BCUT2D eigenvalue weighted by molar-refractivity contribution is -0.0179. The van der Waals surface area contributed by atoms with E-state index in [9.17, 15) is 13.6 Å². The number of para-hydroxylation sites is 2. The lowest BCUT2D eigenvalue weighted by atomic mass is 10.0. The van der Waals surface area contributed by atoms with Gasteiger partial charge in [-0.25, -0.2) is 13.6 Å². The Balaban J connectivity index is 1.31. The van der Waals surface area contributed by atoms with Crippen LogP contribution in [0, 0.1) is 0 Å². The number of rotatable bonds is 6. The molecule has 4 rings (SSSR count). The Hall–Kier alpha value is -2.47. The van der Waals surface area contributed by atoms with Crippen molar-refractivity contribution in [3.05, 3.63) is 70.6 Å². The number of hydrogen-bond acceptors (Lipinski definition) is 2. The third-order valence-electron chi connectivity index (χ3n) is 5.71. The molecule has 1 fully saturated rings. The average Bonchev–Trinajstić information content (AvgIpc) is 3.05. The van der Waals surface area contributed by atoms with Crippen LogP contribution in [-0.4, -0.2) is 34.1 Å². The highest BCUT2D eigenvalue weighted by Gasteiger charge is 2.31. The molecule has 148 valence electrons. The van der Waals surface area contributed by atoms with Gasteiger partial charge in [-0.2, -0.15) is 0 Å². The molecule has 0 radical (unpaired) electrons. The summed E-state index contributed by atoms with van der Waals surface area (Å²) in [5, 5.41) is 0. The molecule has 1 aliphatic heterocycles. The zero-order chi connectivity index (χ0) is 19.6. The van der Waals surface area contributed by atoms with Crippen LogP contribution in [0.4, 0.5) is 8.78 Å². The molecule has 1 saturated heterocycles. The van der Waals surface area contributed by atoms with Crippen LogP contribution in [0.2, 0.25) is 0 Å². The van der Waals surface area contributed by atoms with Gasteiger partial charge >= 0.3 is 5.69 Å². The fourth-order valence-corrected chi connectivity index (χ4v) is 4.19. The van der Waals surface area contributed by atoms with Gasteiger partial charge in [-0.1, -0.05) is 42.5 Å². The van der Waals surface area contributed by atoms with Gasteiger partial charge in [0.05, 0.1) is 11.0 Å². The first-order valence-corrected chi connectivity index (χ1v) is 9.89. The highest BCUT2D eigenvalue weighted by atomic mass is 19.3. The number of H-pyrrole nitrogens is 1. The van der Waals surface area contributed by atoms with E-state index in [1.54, 1.807) is 18.2 Å².